The number of nitrogens with zero attached hydrogens (tertiary/aromatic N) is 2. The number of nitrogens with one attached hydrogen (secondary N) is 1. The number of anilines is 1. The van der Waals surface area contributed by atoms with E-state index in [-0.39, 0.29) is 17.4 Å². The Balaban J connectivity index is 1.88. The van der Waals surface area contributed by atoms with Gasteiger partial charge < -0.3 is 5.32 Å². The Labute approximate surface area is 125 Å². The van der Waals surface area contributed by atoms with Gasteiger partial charge in [-0.3, -0.25) is 4.79 Å². The Morgan fingerprint density at radius 1 is 1.14 bits per heavy atom. The highest BCUT2D eigenvalue weighted by molar-refractivity contribution is 6.54. The van der Waals surface area contributed by atoms with E-state index in [1.165, 1.54) is 18.3 Å². The van der Waals surface area contributed by atoms with Crippen LogP contribution < -0.4 is 5.32 Å². The molecule has 0 aromatic heterocycles. The highest BCUT2D eigenvalue weighted by Gasteiger charge is 2.26. The van der Waals surface area contributed by atoms with Crippen LogP contribution in [-0.4, -0.2) is 17.8 Å². The summed E-state index contributed by atoms with van der Waals surface area (Å²) in [6, 6.07) is 10.8. The maximum absolute atomic E-state index is 12.8. The maximum atomic E-state index is 12.8. The first-order valence-corrected chi connectivity index (χ1v) is 6.49. The van der Waals surface area contributed by atoms with Gasteiger partial charge in [-0.05, 0) is 35.9 Å². The molecule has 0 saturated heterocycles. The van der Waals surface area contributed by atoms with Gasteiger partial charge in [0.2, 0.25) is 0 Å². The summed E-state index contributed by atoms with van der Waals surface area (Å²) >= 11 is 5.91. The molecular weight excluding hydrogens is 293 g/mol. The zero-order chi connectivity index (χ0) is 14.8. The van der Waals surface area contributed by atoms with E-state index in [1.54, 1.807) is 30.3 Å². The topological polar surface area (TPSA) is 53.8 Å². The van der Waals surface area contributed by atoms with Crippen molar-refractivity contribution in [2.45, 2.75) is 0 Å². The van der Waals surface area contributed by atoms with Gasteiger partial charge in [0.1, 0.15) is 5.82 Å². The average molecular weight is 302 g/mol. The minimum atomic E-state index is -0.330. The normalized spacial score (nSPS) is 15.5. The monoisotopic (exact) mass is 301 g/mol. The van der Waals surface area contributed by atoms with Crippen molar-refractivity contribution in [2.75, 3.05) is 5.32 Å². The molecule has 1 N–H and O–H groups in total. The molecule has 0 bridgehead atoms. The molecule has 0 unspecified atom stereocenters. The second kappa shape index (κ2) is 5.46. The molecule has 1 aliphatic heterocycles. The summed E-state index contributed by atoms with van der Waals surface area (Å²) in [6.45, 7) is 0. The van der Waals surface area contributed by atoms with Crippen LogP contribution in [0.4, 0.5) is 10.1 Å². The molecule has 0 aliphatic carbocycles. The zero-order valence-corrected chi connectivity index (χ0v) is 11.4. The number of fused-ring (bicyclic) bond motifs is 1. The minimum Gasteiger partial charge on any atom is -0.320 e. The van der Waals surface area contributed by atoms with Gasteiger partial charge in [0, 0.05) is 10.6 Å². The molecule has 0 fully saturated rings. The van der Waals surface area contributed by atoms with E-state index in [9.17, 15) is 9.18 Å². The fraction of sp³-hybridized carbons (Fsp3) is 0. The first-order valence-electron chi connectivity index (χ1n) is 6.11. The molecule has 21 heavy (non-hydrogen) atoms. The predicted octanol–water partition coefficient (Wildman–Crippen LogP) is 3.25. The quantitative estimate of drug-likeness (QED) is 0.672. The van der Waals surface area contributed by atoms with Crippen LogP contribution in [0.2, 0.25) is 5.02 Å². The van der Waals surface area contributed by atoms with Crippen molar-refractivity contribution in [1.82, 2.24) is 0 Å². The number of rotatable bonds is 2. The minimum absolute atomic E-state index is 0.200. The molecule has 1 amide bonds. The molecule has 4 nitrogen and oxygen atoms in total. The third-order valence-corrected chi connectivity index (χ3v) is 3.17. The third kappa shape index (κ3) is 2.83. The van der Waals surface area contributed by atoms with Gasteiger partial charge in [-0.25, -0.2) is 4.39 Å². The van der Waals surface area contributed by atoms with Gasteiger partial charge in [-0.1, -0.05) is 23.7 Å². The number of hydrogen-bond donors (Lipinski definition) is 1. The van der Waals surface area contributed by atoms with Gasteiger partial charge in [0.05, 0.1) is 11.9 Å². The van der Waals surface area contributed by atoms with Crippen LogP contribution in [-0.2, 0) is 4.79 Å². The number of amides is 1. The first kappa shape index (κ1) is 13.5. The molecule has 6 heteroatoms. The molecule has 2 aromatic carbocycles. The molecule has 0 radical (unpaired) electrons. The molecule has 0 spiro atoms. The molecule has 104 valence electrons. The highest BCUT2D eigenvalue weighted by atomic mass is 35.5. The number of carbonyl (C=O) groups is 1. The summed E-state index contributed by atoms with van der Waals surface area (Å²) in [5.41, 5.74) is 2.15. The summed E-state index contributed by atoms with van der Waals surface area (Å²) in [6.07, 6.45) is 1.45. The van der Waals surface area contributed by atoms with E-state index in [0.29, 0.717) is 21.8 Å². The van der Waals surface area contributed by atoms with E-state index in [2.05, 4.69) is 15.5 Å². The van der Waals surface area contributed by atoms with Gasteiger partial charge in [-0.2, -0.15) is 5.10 Å². The van der Waals surface area contributed by atoms with Crippen molar-refractivity contribution in [1.29, 1.82) is 0 Å². The van der Waals surface area contributed by atoms with Crippen molar-refractivity contribution in [3.63, 3.8) is 0 Å². The smallest absolute Gasteiger partial charge is 0.276 e. The van der Waals surface area contributed by atoms with E-state index in [4.69, 9.17) is 11.6 Å². The number of carbonyl (C=O) groups excluding carboxylic acids is 1. The lowest BCUT2D eigenvalue weighted by Gasteiger charge is -1.96. The highest BCUT2D eigenvalue weighted by Crippen LogP contribution is 2.26. The Morgan fingerprint density at radius 3 is 2.67 bits per heavy atom. The molecule has 2 aromatic rings. The molecule has 3 rings (SSSR count). The summed E-state index contributed by atoms with van der Waals surface area (Å²) < 4.78 is 12.8. The number of halogens is 2. The van der Waals surface area contributed by atoms with Gasteiger partial charge in [0.15, 0.2) is 5.71 Å². The number of hydrogen-bond acceptors (Lipinski definition) is 3. The second-order valence-electron chi connectivity index (χ2n) is 4.39. The average Bonchev–Trinajstić information content (AvgIpc) is 2.77. The summed E-state index contributed by atoms with van der Waals surface area (Å²) in [4.78, 5) is 11.8. The summed E-state index contributed by atoms with van der Waals surface area (Å²) in [7, 11) is 0. The molecule has 0 atom stereocenters. The molecular formula is C15H9ClFN3O. The van der Waals surface area contributed by atoms with Crippen LogP contribution in [0.15, 0.2) is 52.7 Å². The zero-order valence-electron chi connectivity index (χ0n) is 10.7. The van der Waals surface area contributed by atoms with Gasteiger partial charge in [-0.15, -0.1) is 5.10 Å². The Morgan fingerprint density at radius 2 is 1.90 bits per heavy atom. The lowest BCUT2D eigenvalue weighted by molar-refractivity contribution is -0.110. The van der Waals surface area contributed by atoms with E-state index in [0.717, 1.165) is 0 Å². The van der Waals surface area contributed by atoms with Crippen LogP contribution in [0, 0.1) is 5.82 Å². The molecule has 1 aliphatic rings. The van der Waals surface area contributed by atoms with Crippen molar-refractivity contribution in [3.8, 4) is 0 Å². The fourth-order valence-corrected chi connectivity index (χ4v) is 2.10. The predicted molar refractivity (Wildman–Crippen MR) is 80.6 cm³/mol. The van der Waals surface area contributed by atoms with Crippen molar-refractivity contribution < 1.29 is 9.18 Å². The van der Waals surface area contributed by atoms with Crippen LogP contribution in [0.5, 0.6) is 0 Å². The van der Waals surface area contributed by atoms with E-state index in [1.807, 2.05) is 0 Å². The van der Waals surface area contributed by atoms with Crippen molar-refractivity contribution >= 4 is 35.1 Å². The van der Waals surface area contributed by atoms with Gasteiger partial charge in [0.25, 0.3) is 5.91 Å². The van der Waals surface area contributed by atoms with E-state index < -0.39 is 0 Å². The second-order valence-corrected chi connectivity index (χ2v) is 4.83. The first-order chi connectivity index (χ1) is 10.1. The van der Waals surface area contributed by atoms with Crippen LogP contribution in [0.1, 0.15) is 11.1 Å². The summed E-state index contributed by atoms with van der Waals surface area (Å²) in [5, 5.41) is 11.0. The van der Waals surface area contributed by atoms with Gasteiger partial charge >= 0.3 is 0 Å². The standard InChI is InChI=1S/C15H9ClFN3O/c16-10-3-6-13-12(7-10)14(15(21)19-13)20-18-8-9-1-4-11(17)5-2-9/h1-8H,(H,19,20,21)/b18-8+. The largest absolute Gasteiger partial charge is 0.320 e. The Hall–Kier alpha value is -2.53. The van der Waals surface area contributed by atoms with E-state index >= 15 is 0 Å². The Bertz CT molecular complexity index is 769. The van der Waals surface area contributed by atoms with Crippen LogP contribution in [0.25, 0.3) is 0 Å². The van der Waals surface area contributed by atoms with Crippen LogP contribution in [0.3, 0.4) is 0 Å². The fourth-order valence-electron chi connectivity index (χ4n) is 1.93. The molecule has 1 heterocycles. The van der Waals surface area contributed by atoms with Crippen molar-refractivity contribution in [2.24, 2.45) is 10.2 Å². The molecule has 0 saturated carbocycles. The Kier molecular flexibility index (Phi) is 3.50. The third-order valence-electron chi connectivity index (χ3n) is 2.93. The SMILES string of the molecule is O=C1Nc2ccc(Cl)cc2/C1=N/N=C/c1ccc(F)cc1. The lowest BCUT2D eigenvalue weighted by atomic mass is 10.1. The maximum Gasteiger partial charge on any atom is 0.276 e. The van der Waals surface area contributed by atoms with Crippen molar-refractivity contribution in [3.05, 3.63) is 64.4 Å². The lowest BCUT2D eigenvalue weighted by Crippen LogP contribution is -2.13. The number of benzene rings is 2. The summed E-state index contributed by atoms with van der Waals surface area (Å²) in [5.74, 6) is -0.652. The van der Waals surface area contributed by atoms with Crippen LogP contribution >= 0.6 is 11.6 Å².